The van der Waals surface area contributed by atoms with Crippen LogP contribution in [-0.2, 0) is 4.79 Å². The number of piperidine rings is 1. The quantitative estimate of drug-likeness (QED) is 0.853. The molecular formula is C13H15Cl2NO2. The molecule has 1 aromatic rings. The van der Waals surface area contributed by atoms with Crippen LogP contribution in [0.2, 0.25) is 10.0 Å². The molecule has 1 aliphatic heterocycles. The Labute approximate surface area is 117 Å². The minimum absolute atomic E-state index is 0.358. The molecule has 98 valence electrons. The molecule has 1 fully saturated rings. The van der Waals surface area contributed by atoms with E-state index >= 15 is 0 Å². The Morgan fingerprint density at radius 1 is 1.17 bits per heavy atom. The average molecular weight is 288 g/mol. The Morgan fingerprint density at radius 2 is 1.89 bits per heavy atom. The summed E-state index contributed by atoms with van der Waals surface area (Å²) in [6.45, 7) is 3.09. The average Bonchev–Trinajstić information content (AvgIpc) is 2.36. The van der Waals surface area contributed by atoms with E-state index in [0.717, 1.165) is 25.4 Å². The van der Waals surface area contributed by atoms with E-state index in [1.165, 1.54) is 0 Å². The van der Waals surface area contributed by atoms with Crippen molar-refractivity contribution in [2.45, 2.75) is 12.8 Å². The van der Waals surface area contributed by atoms with Crippen LogP contribution in [0, 0.1) is 0 Å². The first-order valence-electron chi connectivity index (χ1n) is 5.97. The molecule has 1 saturated heterocycles. The van der Waals surface area contributed by atoms with Crippen molar-refractivity contribution in [1.82, 2.24) is 4.90 Å². The van der Waals surface area contributed by atoms with Gasteiger partial charge in [0.05, 0.1) is 10.0 Å². The second-order valence-electron chi connectivity index (χ2n) is 4.30. The molecule has 5 heteroatoms. The van der Waals surface area contributed by atoms with Crippen LogP contribution < -0.4 is 4.74 Å². The summed E-state index contributed by atoms with van der Waals surface area (Å²) in [4.78, 5) is 13.3. The molecule has 18 heavy (non-hydrogen) atoms. The van der Waals surface area contributed by atoms with Crippen LogP contribution in [0.3, 0.4) is 0 Å². The Morgan fingerprint density at radius 3 is 2.56 bits per heavy atom. The summed E-state index contributed by atoms with van der Waals surface area (Å²) in [6, 6.07) is 5.23. The molecule has 2 rings (SSSR count). The van der Waals surface area contributed by atoms with Crippen LogP contribution >= 0.6 is 23.2 Å². The Balaban J connectivity index is 1.74. The number of rotatable bonds is 4. The van der Waals surface area contributed by atoms with Crippen molar-refractivity contribution in [3.05, 3.63) is 28.2 Å². The van der Waals surface area contributed by atoms with Gasteiger partial charge >= 0.3 is 0 Å². The van der Waals surface area contributed by atoms with Gasteiger partial charge in [-0.05, 0) is 12.1 Å². The minimum Gasteiger partial charge on any atom is -0.492 e. The number of ketones is 1. The number of nitrogens with zero attached hydrogens (tertiary/aromatic N) is 1. The van der Waals surface area contributed by atoms with Crippen molar-refractivity contribution < 1.29 is 9.53 Å². The van der Waals surface area contributed by atoms with Crippen molar-refractivity contribution in [1.29, 1.82) is 0 Å². The van der Waals surface area contributed by atoms with Gasteiger partial charge in [-0.2, -0.15) is 0 Å². The lowest BCUT2D eigenvalue weighted by molar-refractivity contribution is -0.121. The third-order valence-corrected chi connectivity index (χ3v) is 3.72. The number of halogens is 2. The van der Waals surface area contributed by atoms with E-state index in [1.807, 2.05) is 0 Å². The van der Waals surface area contributed by atoms with Gasteiger partial charge in [0, 0.05) is 38.5 Å². The summed E-state index contributed by atoms with van der Waals surface area (Å²) in [6.07, 6.45) is 1.32. The molecule has 0 saturated carbocycles. The van der Waals surface area contributed by atoms with E-state index in [9.17, 15) is 4.79 Å². The topological polar surface area (TPSA) is 29.5 Å². The maximum Gasteiger partial charge on any atom is 0.135 e. The third-order valence-electron chi connectivity index (χ3n) is 2.98. The summed E-state index contributed by atoms with van der Waals surface area (Å²) in [7, 11) is 0. The van der Waals surface area contributed by atoms with E-state index in [4.69, 9.17) is 27.9 Å². The molecule has 0 radical (unpaired) electrons. The predicted molar refractivity (Wildman–Crippen MR) is 72.6 cm³/mol. The first-order chi connectivity index (χ1) is 8.65. The van der Waals surface area contributed by atoms with Gasteiger partial charge in [-0.15, -0.1) is 0 Å². The molecule has 1 heterocycles. The van der Waals surface area contributed by atoms with Gasteiger partial charge in [-0.3, -0.25) is 9.69 Å². The number of Topliss-reactive ketones (excluding diaryl/α,β-unsaturated/α-hetero) is 1. The van der Waals surface area contributed by atoms with E-state index in [-0.39, 0.29) is 0 Å². The van der Waals surface area contributed by atoms with Crippen molar-refractivity contribution >= 4 is 29.0 Å². The molecule has 0 bridgehead atoms. The zero-order chi connectivity index (χ0) is 13.0. The molecule has 1 aromatic carbocycles. The maximum absolute atomic E-state index is 11.1. The number of ether oxygens (including phenoxy) is 1. The lowest BCUT2D eigenvalue weighted by atomic mass is 10.1. The largest absolute Gasteiger partial charge is 0.492 e. The highest BCUT2D eigenvalue weighted by Crippen LogP contribution is 2.26. The van der Waals surface area contributed by atoms with Gasteiger partial charge in [0.2, 0.25) is 0 Å². The fourth-order valence-corrected chi connectivity index (χ4v) is 2.17. The number of likely N-dealkylation sites (tertiary alicyclic amines) is 1. The Hall–Kier alpha value is -0.770. The molecule has 0 amide bonds. The van der Waals surface area contributed by atoms with Crippen molar-refractivity contribution in [3.8, 4) is 5.75 Å². The number of carbonyl (C=O) groups is 1. The second-order valence-corrected chi connectivity index (χ2v) is 5.12. The predicted octanol–water partition coefficient (Wildman–Crippen LogP) is 3.04. The minimum atomic E-state index is 0.358. The zero-order valence-electron chi connectivity index (χ0n) is 9.99. The smallest absolute Gasteiger partial charge is 0.135 e. The molecule has 0 spiro atoms. The Bertz CT molecular complexity index is 427. The Kier molecular flexibility index (Phi) is 4.87. The zero-order valence-corrected chi connectivity index (χ0v) is 11.5. The van der Waals surface area contributed by atoms with Gasteiger partial charge < -0.3 is 4.74 Å². The molecular weight excluding hydrogens is 273 g/mol. The number of benzene rings is 1. The van der Waals surface area contributed by atoms with Crippen LogP contribution in [0.25, 0.3) is 0 Å². The number of hydrogen-bond donors (Lipinski definition) is 0. The first kappa shape index (κ1) is 13.7. The van der Waals surface area contributed by atoms with Crippen LogP contribution in [0.4, 0.5) is 0 Å². The summed E-state index contributed by atoms with van der Waals surface area (Å²) >= 11 is 11.7. The molecule has 0 N–H and O–H groups in total. The van der Waals surface area contributed by atoms with Crippen LogP contribution in [-0.4, -0.2) is 36.9 Å². The lowest BCUT2D eigenvalue weighted by Gasteiger charge is -2.25. The van der Waals surface area contributed by atoms with Gasteiger partial charge in [-0.1, -0.05) is 23.2 Å². The highest BCUT2D eigenvalue weighted by Gasteiger charge is 2.15. The number of carbonyl (C=O) groups excluding carboxylic acids is 1. The SMILES string of the molecule is O=C1CCN(CCOc2ccc(Cl)c(Cl)c2)CC1. The standard InChI is InChI=1S/C13H15Cl2NO2/c14-12-2-1-11(9-13(12)15)18-8-7-16-5-3-10(17)4-6-16/h1-2,9H,3-8H2. The second kappa shape index (κ2) is 6.41. The van der Waals surface area contributed by atoms with Gasteiger partial charge in [0.1, 0.15) is 18.1 Å². The van der Waals surface area contributed by atoms with Crippen LogP contribution in [0.1, 0.15) is 12.8 Å². The monoisotopic (exact) mass is 287 g/mol. The molecule has 3 nitrogen and oxygen atoms in total. The summed E-state index contributed by atoms with van der Waals surface area (Å²) in [5.74, 6) is 1.08. The molecule has 0 unspecified atom stereocenters. The normalized spacial score (nSPS) is 16.9. The van der Waals surface area contributed by atoms with Gasteiger partial charge in [-0.25, -0.2) is 0 Å². The molecule has 1 aliphatic rings. The highest BCUT2D eigenvalue weighted by atomic mass is 35.5. The van der Waals surface area contributed by atoms with E-state index in [1.54, 1.807) is 18.2 Å². The number of hydrogen-bond acceptors (Lipinski definition) is 3. The van der Waals surface area contributed by atoms with Crippen molar-refractivity contribution in [2.75, 3.05) is 26.2 Å². The van der Waals surface area contributed by atoms with Gasteiger partial charge in [0.25, 0.3) is 0 Å². The summed E-state index contributed by atoms with van der Waals surface area (Å²) < 4.78 is 5.60. The lowest BCUT2D eigenvalue weighted by Crippen LogP contribution is -2.36. The third kappa shape index (κ3) is 3.87. The van der Waals surface area contributed by atoms with E-state index in [2.05, 4.69) is 4.90 Å². The molecule has 0 aromatic heterocycles. The van der Waals surface area contributed by atoms with Gasteiger partial charge in [0.15, 0.2) is 0 Å². The summed E-state index contributed by atoms with van der Waals surface area (Å²) in [5.41, 5.74) is 0. The van der Waals surface area contributed by atoms with E-state index in [0.29, 0.717) is 35.3 Å². The van der Waals surface area contributed by atoms with Crippen LogP contribution in [0.15, 0.2) is 18.2 Å². The fraction of sp³-hybridized carbons (Fsp3) is 0.462. The van der Waals surface area contributed by atoms with Crippen LogP contribution in [0.5, 0.6) is 5.75 Å². The first-order valence-corrected chi connectivity index (χ1v) is 6.72. The van der Waals surface area contributed by atoms with Crippen molar-refractivity contribution in [2.24, 2.45) is 0 Å². The molecule has 0 aliphatic carbocycles. The summed E-state index contributed by atoms with van der Waals surface area (Å²) in [5, 5.41) is 1.02. The highest BCUT2D eigenvalue weighted by molar-refractivity contribution is 6.42. The molecule has 0 atom stereocenters. The van der Waals surface area contributed by atoms with Crippen molar-refractivity contribution in [3.63, 3.8) is 0 Å². The fourth-order valence-electron chi connectivity index (χ4n) is 1.89. The maximum atomic E-state index is 11.1. The van der Waals surface area contributed by atoms with E-state index < -0.39 is 0 Å².